The maximum absolute atomic E-state index is 9.82. The normalized spacial score (nSPS) is 17.9. The van der Waals surface area contributed by atoms with E-state index in [0.29, 0.717) is 5.11 Å². The highest BCUT2D eigenvalue weighted by Crippen LogP contribution is 2.43. The average molecular weight is 456 g/mol. The van der Waals surface area contributed by atoms with Crippen LogP contribution < -0.4 is 10.2 Å². The first-order chi connectivity index (χ1) is 16.0. The number of phenolic OH excluding ortho intramolecular Hbond substituents is 1. The molecule has 0 aliphatic carbocycles. The first kappa shape index (κ1) is 21.2. The van der Waals surface area contributed by atoms with Crippen LogP contribution in [0, 0.1) is 13.8 Å². The van der Waals surface area contributed by atoms with Gasteiger partial charge in [0.15, 0.2) is 5.11 Å². The van der Waals surface area contributed by atoms with Gasteiger partial charge in [-0.05, 0) is 91.8 Å². The van der Waals surface area contributed by atoms with Crippen molar-refractivity contribution in [3.8, 4) is 5.75 Å². The Morgan fingerprint density at radius 3 is 2.45 bits per heavy atom. The zero-order chi connectivity index (χ0) is 22.9. The lowest BCUT2D eigenvalue weighted by atomic mass is 9.96. The number of hydrogen-bond acceptors (Lipinski definition) is 4. The van der Waals surface area contributed by atoms with Gasteiger partial charge in [0.2, 0.25) is 0 Å². The molecule has 4 aromatic rings. The Balaban J connectivity index is 1.62. The van der Waals surface area contributed by atoms with Crippen molar-refractivity contribution in [1.29, 1.82) is 0 Å². The zero-order valence-electron chi connectivity index (χ0n) is 18.5. The highest BCUT2D eigenvalue weighted by molar-refractivity contribution is 7.80. The van der Waals surface area contributed by atoms with Crippen molar-refractivity contribution >= 4 is 23.0 Å². The zero-order valence-corrected chi connectivity index (χ0v) is 19.3. The fourth-order valence-electron chi connectivity index (χ4n) is 4.60. The number of benzene rings is 1. The van der Waals surface area contributed by atoms with Crippen LogP contribution in [0.25, 0.3) is 0 Å². The van der Waals surface area contributed by atoms with Crippen LogP contribution in [-0.4, -0.2) is 24.8 Å². The van der Waals surface area contributed by atoms with Gasteiger partial charge in [0, 0.05) is 42.2 Å². The predicted molar refractivity (Wildman–Crippen MR) is 133 cm³/mol. The summed E-state index contributed by atoms with van der Waals surface area (Å²) >= 11 is 5.81. The van der Waals surface area contributed by atoms with Gasteiger partial charge in [-0.1, -0.05) is 6.07 Å². The Kier molecular flexibility index (Phi) is 5.56. The molecule has 0 spiro atoms. The highest BCUT2D eigenvalue weighted by Gasteiger charge is 2.42. The van der Waals surface area contributed by atoms with E-state index in [9.17, 15) is 5.11 Å². The predicted octanol–water partition coefficient (Wildman–Crippen LogP) is 4.83. The van der Waals surface area contributed by atoms with Gasteiger partial charge in [-0.2, -0.15) is 0 Å². The summed E-state index contributed by atoms with van der Waals surface area (Å²) in [6.07, 6.45) is 5.47. The fraction of sp³-hybridized carbons (Fsp3) is 0.192. The van der Waals surface area contributed by atoms with Gasteiger partial charge in [-0.25, -0.2) is 0 Å². The van der Waals surface area contributed by atoms with Crippen molar-refractivity contribution in [2.75, 3.05) is 4.90 Å². The molecule has 33 heavy (non-hydrogen) atoms. The molecule has 4 heterocycles. The lowest BCUT2D eigenvalue weighted by Gasteiger charge is -2.28. The van der Waals surface area contributed by atoms with Crippen molar-refractivity contribution in [2.24, 2.45) is 0 Å². The summed E-state index contributed by atoms with van der Waals surface area (Å²) in [5, 5.41) is 14.0. The maximum Gasteiger partial charge on any atom is 0.174 e. The number of nitrogens with one attached hydrogen (secondary N) is 1. The second kappa shape index (κ2) is 8.67. The lowest BCUT2D eigenvalue weighted by molar-refractivity contribution is 0.475. The van der Waals surface area contributed by atoms with E-state index in [4.69, 9.17) is 12.2 Å². The first-order valence-corrected chi connectivity index (χ1v) is 11.3. The van der Waals surface area contributed by atoms with Gasteiger partial charge in [0.05, 0.1) is 17.8 Å². The second-order valence-electron chi connectivity index (χ2n) is 8.28. The Hall–Kier alpha value is -3.71. The van der Waals surface area contributed by atoms with Crippen LogP contribution in [-0.2, 0) is 6.54 Å². The molecule has 0 saturated carbocycles. The number of thiocarbonyl (C=S) groups is 1. The van der Waals surface area contributed by atoms with Gasteiger partial charge >= 0.3 is 0 Å². The van der Waals surface area contributed by atoms with E-state index < -0.39 is 0 Å². The molecule has 2 N–H and O–H groups in total. The summed E-state index contributed by atoms with van der Waals surface area (Å²) in [4.78, 5) is 10.9. The van der Waals surface area contributed by atoms with Crippen LogP contribution in [0.5, 0.6) is 5.75 Å². The summed E-state index contributed by atoms with van der Waals surface area (Å²) in [6, 6.07) is 19.3. The van der Waals surface area contributed by atoms with Crippen LogP contribution in [0.2, 0.25) is 0 Å². The van der Waals surface area contributed by atoms with E-state index in [0.717, 1.165) is 17.9 Å². The minimum Gasteiger partial charge on any atom is -0.508 e. The molecular weight excluding hydrogens is 430 g/mol. The smallest absolute Gasteiger partial charge is 0.174 e. The number of phenols is 1. The number of rotatable bonds is 5. The Morgan fingerprint density at radius 2 is 1.76 bits per heavy atom. The minimum absolute atomic E-state index is 0.0886. The molecule has 1 aliphatic heterocycles. The summed E-state index contributed by atoms with van der Waals surface area (Å²) in [5.41, 5.74) is 6.62. The molecule has 0 amide bonds. The summed E-state index contributed by atoms with van der Waals surface area (Å²) in [5.74, 6) is 0.227. The fourth-order valence-corrected chi connectivity index (χ4v) is 4.95. The van der Waals surface area contributed by atoms with Crippen LogP contribution in [0.4, 0.5) is 5.69 Å². The van der Waals surface area contributed by atoms with Crippen molar-refractivity contribution < 1.29 is 5.11 Å². The molecule has 166 valence electrons. The number of pyridine rings is 2. The van der Waals surface area contributed by atoms with Gasteiger partial charge < -0.3 is 19.9 Å². The standard InChI is InChI=1S/C26H25N5OS/c1-17-15-22(18(2)30(17)16-19-10-13-27-14-11-19)25-24(23-5-3-4-12-28-23)29-26(33)31(25)20-6-8-21(32)9-7-20/h3-15,24-25,32H,16H2,1-2H3,(H,29,33)/t24-,25-/m0/s1. The second-order valence-corrected chi connectivity index (χ2v) is 8.67. The molecule has 1 fully saturated rings. The topological polar surface area (TPSA) is 66.2 Å². The van der Waals surface area contributed by atoms with Gasteiger partial charge in [0.25, 0.3) is 0 Å². The lowest BCUT2D eigenvalue weighted by Crippen LogP contribution is -2.29. The van der Waals surface area contributed by atoms with E-state index >= 15 is 0 Å². The third-order valence-corrected chi connectivity index (χ3v) is 6.56. The van der Waals surface area contributed by atoms with E-state index in [1.165, 1.54) is 22.5 Å². The van der Waals surface area contributed by atoms with Crippen molar-refractivity contribution in [3.63, 3.8) is 0 Å². The number of aromatic nitrogens is 3. The molecule has 6 nitrogen and oxygen atoms in total. The summed E-state index contributed by atoms with van der Waals surface area (Å²) in [6.45, 7) is 5.08. The van der Waals surface area contributed by atoms with E-state index in [1.807, 2.05) is 61.1 Å². The van der Waals surface area contributed by atoms with E-state index in [1.54, 1.807) is 12.1 Å². The quantitative estimate of drug-likeness (QED) is 0.421. The number of aromatic hydroxyl groups is 1. The van der Waals surface area contributed by atoms with Crippen molar-refractivity contribution in [2.45, 2.75) is 32.5 Å². The third kappa shape index (κ3) is 3.96. The minimum atomic E-state index is -0.109. The molecule has 0 bridgehead atoms. The van der Waals surface area contributed by atoms with E-state index in [2.05, 4.69) is 44.7 Å². The highest BCUT2D eigenvalue weighted by atomic mass is 32.1. The Labute approximate surface area is 198 Å². The molecule has 2 atom stereocenters. The van der Waals surface area contributed by atoms with Crippen molar-refractivity contribution in [1.82, 2.24) is 19.9 Å². The van der Waals surface area contributed by atoms with Crippen molar-refractivity contribution in [3.05, 3.63) is 107 Å². The Bertz CT molecular complexity index is 1270. The van der Waals surface area contributed by atoms with Gasteiger partial charge in [0.1, 0.15) is 5.75 Å². The van der Waals surface area contributed by atoms with Crippen LogP contribution in [0.1, 0.15) is 40.3 Å². The number of aryl methyl sites for hydroxylation is 1. The molecular formula is C26H25N5OS. The molecule has 1 aromatic carbocycles. The first-order valence-electron chi connectivity index (χ1n) is 10.9. The van der Waals surface area contributed by atoms with Crippen LogP contribution in [0.15, 0.2) is 79.3 Å². The molecule has 7 heteroatoms. The molecule has 3 aromatic heterocycles. The molecule has 1 saturated heterocycles. The summed E-state index contributed by atoms with van der Waals surface area (Å²) < 4.78 is 2.33. The SMILES string of the molecule is Cc1cc([C@H]2[C@H](c3ccccn3)NC(=S)N2c2ccc(O)cc2)c(C)n1Cc1ccncc1. The molecule has 5 rings (SSSR count). The Morgan fingerprint density at radius 1 is 1.00 bits per heavy atom. The van der Waals surface area contributed by atoms with Gasteiger partial charge in [-0.15, -0.1) is 0 Å². The number of anilines is 1. The van der Waals surface area contributed by atoms with Crippen LogP contribution in [0.3, 0.4) is 0 Å². The molecule has 1 aliphatic rings. The number of hydrogen-bond donors (Lipinski definition) is 2. The average Bonchev–Trinajstić information content (AvgIpc) is 3.32. The number of nitrogens with zero attached hydrogens (tertiary/aromatic N) is 4. The monoisotopic (exact) mass is 455 g/mol. The van der Waals surface area contributed by atoms with Gasteiger partial charge in [-0.3, -0.25) is 9.97 Å². The molecule has 0 radical (unpaired) electrons. The largest absolute Gasteiger partial charge is 0.508 e. The van der Waals surface area contributed by atoms with Crippen LogP contribution >= 0.6 is 12.2 Å². The maximum atomic E-state index is 9.82. The third-order valence-electron chi connectivity index (χ3n) is 6.25. The summed E-state index contributed by atoms with van der Waals surface area (Å²) in [7, 11) is 0. The molecule has 0 unspecified atom stereocenters. The van der Waals surface area contributed by atoms with E-state index in [-0.39, 0.29) is 17.8 Å².